The summed E-state index contributed by atoms with van der Waals surface area (Å²) in [6.45, 7) is 6.80. The summed E-state index contributed by atoms with van der Waals surface area (Å²) in [6, 6.07) is 8.44. The molecule has 38 heavy (non-hydrogen) atoms. The van der Waals surface area contributed by atoms with Gasteiger partial charge in [0.2, 0.25) is 0 Å². The molecule has 0 spiro atoms. The smallest absolute Gasteiger partial charge is 0.263 e. The zero-order chi connectivity index (χ0) is 27.4. The van der Waals surface area contributed by atoms with Gasteiger partial charge >= 0.3 is 0 Å². The van der Waals surface area contributed by atoms with Gasteiger partial charge in [0, 0.05) is 32.8 Å². The highest BCUT2D eigenvalue weighted by Gasteiger charge is 2.42. The van der Waals surface area contributed by atoms with E-state index in [0.717, 1.165) is 12.8 Å². The van der Waals surface area contributed by atoms with Gasteiger partial charge in [-0.25, -0.2) is 8.78 Å². The van der Waals surface area contributed by atoms with E-state index in [1.54, 1.807) is 12.1 Å². The van der Waals surface area contributed by atoms with Crippen LogP contribution in [0.2, 0.25) is 10.0 Å². The molecule has 2 N–H and O–H groups in total. The Labute approximate surface area is 237 Å². The van der Waals surface area contributed by atoms with Crippen molar-refractivity contribution in [1.29, 1.82) is 0 Å². The molecule has 1 fully saturated rings. The van der Waals surface area contributed by atoms with Crippen molar-refractivity contribution in [2.75, 3.05) is 6.54 Å². The minimum absolute atomic E-state index is 0.0878. The fraction of sp³-hybridized carbons (Fsp3) is 0.357. The Morgan fingerprint density at radius 2 is 1.42 bits per heavy atom. The van der Waals surface area contributed by atoms with Crippen LogP contribution >= 0.6 is 45.9 Å². The van der Waals surface area contributed by atoms with Crippen molar-refractivity contribution in [2.24, 2.45) is 10.8 Å². The zero-order valence-corrected chi connectivity index (χ0v) is 24.2. The highest BCUT2D eigenvalue weighted by Crippen LogP contribution is 2.46. The first-order chi connectivity index (χ1) is 17.8. The Hall–Kier alpha value is -2.26. The molecule has 2 unspecified atom stereocenters. The number of rotatable bonds is 5. The average molecular weight is 596 g/mol. The van der Waals surface area contributed by atoms with Crippen LogP contribution < -0.4 is 10.6 Å². The quantitative estimate of drug-likeness (QED) is 0.243. The molecule has 0 saturated heterocycles. The lowest BCUT2D eigenvalue weighted by molar-refractivity contribution is 0.0594. The van der Waals surface area contributed by atoms with Gasteiger partial charge in [-0.3, -0.25) is 9.59 Å². The number of halogens is 4. The molecule has 5 rings (SSSR count). The molecule has 10 heteroatoms. The van der Waals surface area contributed by atoms with Gasteiger partial charge in [0.15, 0.2) is 0 Å². The molecule has 2 atom stereocenters. The molecule has 4 nitrogen and oxygen atoms in total. The average Bonchev–Trinajstić information content (AvgIpc) is 3.32. The summed E-state index contributed by atoms with van der Waals surface area (Å²) in [5.74, 6) is -1.34. The normalized spacial score (nSPS) is 21.1. The van der Waals surface area contributed by atoms with E-state index in [1.807, 2.05) is 0 Å². The second kappa shape index (κ2) is 10.0. The predicted molar refractivity (Wildman–Crippen MR) is 153 cm³/mol. The first-order valence-corrected chi connectivity index (χ1v) is 14.6. The fourth-order valence-electron chi connectivity index (χ4n) is 5.87. The van der Waals surface area contributed by atoms with E-state index in [2.05, 4.69) is 31.4 Å². The highest BCUT2D eigenvalue weighted by molar-refractivity contribution is 7.22. The number of carbonyl (C=O) groups is 2. The van der Waals surface area contributed by atoms with Crippen molar-refractivity contribution in [1.82, 2.24) is 10.6 Å². The van der Waals surface area contributed by atoms with Gasteiger partial charge in [0.25, 0.3) is 11.8 Å². The molecular formula is C28H26Cl2F2N2O2S2. The van der Waals surface area contributed by atoms with Gasteiger partial charge in [-0.1, -0.05) is 44.0 Å². The number of thiophene rings is 2. The lowest BCUT2D eigenvalue weighted by Gasteiger charge is -2.47. The third-order valence-electron chi connectivity index (χ3n) is 7.05. The van der Waals surface area contributed by atoms with Crippen LogP contribution in [-0.4, -0.2) is 24.4 Å². The van der Waals surface area contributed by atoms with E-state index < -0.39 is 0 Å². The molecule has 0 aliphatic heterocycles. The van der Waals surface area contributed by atoms with Crippen LogP contribution in [0.15, 0.2) is 36.4 Å². The molecule has 2 aromatic carbocycles. The van der Waals surface area contributed by atoms with Gasteiger partial charge in [-0.05, 0) is 66.5 Å². The van der Waals surface area contributed by atoms with Crippen LogP contribution in [0.5, 0.6) is 0 Å². The second-order valence-corrected chi connectivity index (χ2v) is 14.0. The molecule has 2 heterocycles. The molecule has 200 valence electrons. The Bertz CT molecular complexity index is 1580. The van der Waals surface area contributed by atoms with Crippen molar-refractivity contribution in [3.63, 3.8) is 0 Å². The number of carbonyl (C=O) groups excluding carboxylic acids is 2. The van der Waals surface area contributed by atoms with E-state index in [0.29, 0.717) is 52.9 Å². The number of hydrogen-bond donors (Lipinski definition) is 2. The highest BCUT2D eigenvalue weighted by atomic mass is 35.5. The van der Waals surface area contributed by atoms with Gasteiger partial charge in [0.1, 0.15) is 21.4 Å². The van der Waals surface area contributed by atoms with Crippen LogP contribution in [0.3, 0.4) is 0 Å². The topological polar surface area (TPSA) is 58.2 Å². The van der Waals surface area contributed by atoms with Gasteiger partial charge in [0.05, 0.1) is 10.0 Å². The van der Waals surface area contributed by atoms with Crippen molar-refractivity contribution >= 4 is 77.9 Å². The number of nitrogens with one attached hydrogen (secondary N) is 2. The SMILES string of the molecule is CC1(C)CC(NC(=O)c2sc3cc(F)ccc3c2Cl)CC(C)(CNC(=O)c2sc3cc(F)ccc3c2Cl)C1. The van der Waals surface area contributed by atoms with Crippen molar-refractivity contribution in [2.45, 2.75) is 46.1 Å². The zero-order valence-electron chi connectivity index (χ0n) is 21.0. The second-order valence-electron chi connectivity index (χ2n) is 11.2. The van der Waals surface area contributed by atoms with Crippen molar-refractivity contribution in [3.8, 4) is 0 Å². The minimum Gasteiger partial charge on any atom is -0.351 e. The Morgan fingerprint density at radius 3 is 1.97 bits per heavy atom. The van der Waals surface area contributed by atoms with Gasteiger partial charge in [-0.2, -0.15) is 0 Å². The lowest BCUT2D eigenvalue weighted by atomic mass is 9.62. The number of hydrogen-bond acceptors (Lipinski definition) is 4. The van der Waals surface area contributed by atoms with E-state index in [4.69, 9.17) is 23.2 Å². The van der Waals surface area contributed by atoms with E-state index in [-0.39, 0.29) is 40.3 Å². The fourth-order valence-corrected chi connectivity index (χ4v) is 8.77. The first-order valence-electron chi connectivity index (χ1n) is 12.2. The maximum Gasteiger partial charge on any atom is 0.263 e. The summed E-state index contributed by atoms with van der Waals surface area (Å²) in [6.07, 6.45) is 2.28. The van der Waals surface area contributed by atoms with E-state index in [9.17, 15) is 18.4 Å². The Morgan fingerprint density at radius 1 is 0.895 bits per heavy atom. The van der Waals surface area contributed by atoms with Crippen LogP contribution in [0.1, 0.15) is 59.4 Å². The Balaban J connectivity index is 1.30. The third-order valence-corrected chi connectivity index (χ3v) is 10.4. The standard InChI is InChI=1S/C28H26Cl2F2N2O2S2/c1-27(2)10-16(34-26(36)24-22(30)18-7-5-15(32)9-20(18)38-24)11-28(3,12-27)13-33-25(35)23-21(29)17-6-4-14(31)8-19(17)37-23/h4-9,16H,10-13H2,1-3H3,(H,33,35)(H,34,36). The maximum absolute atomic E-state index is 13.7. The molecule has 2 amide bonds. The molecule has 1 aliphatic carbocycles. The van der Waals surface area contributed by atoms with Gasteiger partial charge < -0.3 is 10.6 Å². The molecule has 1 saturated carbocycles. The monoisotopic (exact) mass is 594 g/mol. The van der Waals surface area contributed by atoms with Crippen LogP contribution in [0.25, 0.3) is 20.2 Å². The largest absolute Gasteiger partial charge is 0.351 e. The van der Waals surface area contributed by atoms with E-state index >= 15 is 0 Å². The molecule has 4 aromatic rings. The summed E-state index contributed by atoms with van der Waals surface area (Å²) in [5.41, 5.74) is -0.382. The van der Waals surface area contributed by atoms with Gasteiger partial charge in [-0.15, -0.1) is 22.7 Å². The molecule has 0 bridgehead atoms. The van der Waals surface area contributed by atoms with E-state index in [1.165, 1.54) is 46.9 Å². The van der Waals surface area contributed by atoms with Crippen LogP contribution in [-0.2, 0) is 0 Å². The van der Waals surface area contributed by atoms with Crippen molar-refractivity contribution < 1.29 is 18.4 Å². The van der Waals surface area contributed by atoms with Crippen LogP contribution in [0.4, 0.5) is 8.78 Å². The summed E-state index contributed by atoms with van der Waals surface area (Å²) in [7, 11) is 0. The number of fused-ring (bicyclic) bond motifs is 2. The predicted octanol–water partition coefficient (Wildman–Crippen LogP) is 8.45. The molecular weight excluding hydrogens is 569 g/mol. The lowest BCUT2D eigenvalue weighted by Crippen LogP contribution is -2.50. The maximum atomic E-state index is 13.7. The summed E-state index contributed by atoms with van der Waals surface area (Å²) >= 11 is 15.3. The summed E-state index contributed by atoms with van der Waals surface area (Å²) < 4.78 is 28.5. The van der Waals surface area contributed by atoms with Crippen LogP contribution in [0, 0.1) is 22.5 Å². The van der Waals surface area contributed by atoms with Crippen molar-refractivity contribution in [3.05, 3.63) is 67.8 Å². The molecule has 1 aliphatic rings. The summed E-state index contributed by atoms with van der Waals surface area (Å²) in [4.78, 5) is 27.0. The Kier molecular flexibility index (Phi) is 7.22. The molecule has 2 aromatic heterocycles. The first kappa shape index (κ1) is 27.3. The number of benzene rings is 2. The minimum atomic E-state index is -0.378. The number of amides is 2. The third kappa shape index (κ3) is 5.41. The molecule has 0 radical (unpaired) electrons. The summed E-state index contributed by atoms with van der Waals surface area (Å²) in [5, 5.41) is 8.12.